The monoisotopic (exact) mass is 274 g/mol. The summed E-state index contributed by atoms with van der Waals surface area (Å²) in [5.41, 5.74) is -0.180. The largest absolute Gasteiger partial charge is 0.300 e. The molecular weight excluding hydrogens is 252 g/mol. The number of carbonyl (C=O) groups is 1. The van der Waals surface area contributed by atoms with Gasteiger partial charge in [0.1, 0.15) is 0 Å². The average Bonchev–Trinajstić information content (AvgIpc) is 2.52. The fourth-order valence-corrected chi connectivity index (χ4v) is 3.33. The van der Waals surface area contributed by atoms with Crippen molar-refractivity contribution in [2.75, 3.05) is 24.5 Å². The number of carbonyl (C=O) groups excluding carboxylic acids is 1. The second-order valence-electron chi connectivity index (χ2n) is 6.05. The van der Waals surface area contributed by atoms with E-state index in [0.29, 0.717) is 12.0 Å². The molecule has 3 rings (SSSR count). The molecule has 1 spiro atoms. The van der Waals surface area contributed by atoms with Gasteiger partial charge >= 0.3 is 0 Å². The number of hydrogen-bond donors (Lipinski definition) is 0. The maximum atomic E-state index is 12.6. The van der Waals surface area contributed by atoms with E-state index in [1.165, 1.54) is 0 Å². The summed E-state index contributed by atoms with van der Waals surface area (Å²) in [4.78, 5) is 25.2. The highest BCUT2D eigenvalue weighted by Crippen LogP contribution is 2.42. The molecule has 2 fully saturated rings. The second-order valence-corrected chi connectivity index (χ2v) is 6.05. The fraction of sp³-hybridized carbons (Fsp3) is 0.667. The van der Waals surface area contributed by atoms with E-state index < -0.39 is 0 Å². The molecular formula is C15H22N4O. The highest BCUT2D eigenvalue weighted by atomic mass is 16.2. The van der Waals surface area contributed by atoms with Crippen LogP contribution in [0.2, 0.25) is 0 Å². The Morgan fingerprint density at radius 3 is 2.75 bits per heavy atom. The summed E-state index contributed by atoms with van der Waals surface area (Å²) >= 11 is 0. The van der Waals surface area contributed by atoms with Gasteiger partial charge in [0.15, 0.2) is 0 Å². The van der Waals surface area contributed by atoms with Crippen molar-refractivity contribution in [3.8, 4) is 0 Å². The molecule has 0 unspecified atom stereocenters. The molecule has 0 bridgehead atoms. The van der Waals surface area contributed by atoms with Gasteiger partial charge < -0.3 is 0 Å². The molecule has 0 saturated carbocycles. The van der Waals surface area contributed by atoms with Gasteiger partial charge in [-0.2, -0.15) is 0 Å². The van der Waals surface area contributed by atoms with Crippen molar-refractivity contribution >= 4 is 11.9 Å². The lowest BCUT2D eigenvalue weighted by atomic mass is 9.72. The number of likely N-dealkylation sites (tertiary alicyclic amines) is 1. The summed E-state index contributed by atoms with van der Waals surface area (Å²) < 4.78 is 0. The Balaban J connectivity index is 1.72. The quantitative estimate of drug-likeness (QED) is 0.787. The molecule has 0 aromatic carbocycles. The van der Waals surface area contributed by atoms with E-state index in [1.54, 1.807) is 23.4 Å². The van der Waals surface area contributed by atoms with Crippen molar-refractivity contribution < 1.29 is 4.79 Å². The Morgan fingerprint density at radius 1 is 1.35 bits per heavy atom. The molecule has 2 aliphatic rings. The van der Waals surface area contributed by atoms with Crippen molar-refractivity contribution in [1.82, 2.24) is 14.9 Å². The van der Waals surface area contributed by atoms with Crippen LogP contribution < -0.4 is 4.90 Å². The van der Waals surface area contributed by atoms with Crippen LogP contribution in [0.15, 0.2) is 18.5 Å². The Kier molecular flexibility index (Phi) is 3.46. The van der Waals surface area contributed by atoms with Gasteiger partial charge in [0.05, 0.1) is 5.41 Å². The molecule has 1 aromatic heterocycles. The number of rotatable bonds is 3. The first-order chi connectivity index (χ1) is 9.66. The smallest absolute Gasteiger partial charge is 0.238 e. The summed E-state index contributed by atoms with van der Waals surface area (Å²) in [6, 6.07) is 2.33. The first kappa shape index (κ1) is 13.5. The van der Waals surface area contributed by atoms with E-state index in [-0.39, 0.29) is 11.3 Å². The zero-order valence-electron chi connectivity index (χ0n) is 12.2. The van der Waals surface area contributed by atoms with Crippen LogP contribution in [0.5, 0.6) is 0 Å². The Morgan fingerprint density at radius 2 is 2.10 bits per heavy atom. The summed E-state index contributed by atoms with van der Waals surface area (Å²) in [6.07, 6.45) is 6.62. The summed E-state index contributed by atoms with van der Waals surface area (Å²) in [7, 11) is 0. The number of amides is 1. The Labute approximate surface area is 120 Å². The minimum absolute atomic E-state index is 0.180. The van der Waals surface area contributed by atoms with Crippen LogP contribution in [0, 0.1) is 5.41 Å². The highest BCUT2D eigenvalue weighted by molar-refractivity contribution is 6.03. The summed E-state index contributed by atoms with van der Waals surface area (Å²) in [6.45, 7) is 7.23. The van der Waals surface area contributed by atoms with Gasteiger partial charge in [0.25, 0.3) is 0 Å². The van der Waals surface area contributed by atoms with Crippen LogP contribution in [0.1, 0.15) is 33.1 Å². The van der Waals surface area contributed by atoms with Gasteiger partial charge in [-0.3, -0.25) is 14.6 Å². The lowest BCUT2D eigenvalue weighted by molar-refractivity contribution is -0.140. The van der Waals surface area contributed by atoms with E-state index in [4.69, 9.17) is 0 Å². The van der Waals surface area contributed by atoms with Gasteiger partial charge in [-0.05, 0) is 38.8 Å². The van der Waals surface area contributed by atoms with E-state index in [2.05, 4.69) is 28.7 Å². The lowest BCUT2D eigenvalue weighted by Gasteiger charge is -2.53. The molecule has 3 heterocycles. The second kappa shape index (κ2) is 5.13. The number of piperidine rings is 1. The fourth-order valence-electron chi connectivity index (χ4n) is 3.33. The van der Waals surface area contributed by atoms with Crippen LogP contribution >= 0.6 is 0 Å². The van der Waals surface area contributed by atoms with Crippen molar-refractivity contribution in [3.63, 3.8) is 0 Å². The molecule has 20 heavy (non-hydrogen) atoms. The number of hydrogen-bond acceptors (Lipinski definition) is 4. The van der Waals surface area contributed by atoms with Gasteiger partial charge in [-0.15, -0.1) is 0 Å². The van der Waals surface area contributed by atoms with Crippen molar-refractivity contribution in [2.45, 2.75) is 39.2 Å². The first-order valence-corrected chi connectivity index (χ1v) is 7.49. The Hall–Kier alpha value is -1.49. The third kappa shape index (κ3) is 2.10. The first-order valence-electron chi connectivity index (χ1n) is 7.49. The lowest BCUT2D eigenvalue weighted by Crippen LogP contribution is -2.68. The van der Waals surface area contributed by atoms with Gasteiger partial charge in [-0.25, -0.2) is 9.97 Å². The van der Waals surface area contributed by atoms with E-state index in [9.17, 15) is 4.79 Å². The van der Waals surface area contributed by atoms with E-state index in [1.807, 2.05) is 0 Å². The van der Waals surface area contributed by atoms with E-state index in [0.717, 1.165) is 38.9 Å². The number of aromatic nitrogens is 2. The van der Waals surface area contributed by atoms with Crippen LogP contribution in [0.4, 0.5) is 5.95 Å². The summed E-state index contributed by atoms with van der Waals surface area (Å²) in [5, 5.41) is 0. The van der Waals surface area contributed by atoms with Gasteiger partial charge in [0.2, 0.25) is 11.9 Å². The molecule has 0 aliphatic carbocycles. The topological polar surface area (TPSA) is 49.3 Å². The van der Waals surface area contributed by atoms with E-state index >= 15 is 0 Å². The average molecular weight is 274 g/mol. The van der Waals surface area contributed by atoms with Crippen molar-refractivity contribution in [2.24, 2.45) is 5.41 Å². The molecule has 5 nitrogen and oxygen atoms in total. The molecule has 2 saturated heterocycles. The maximum Gasteiger partial charge on any atom is 0.238 e. The van der Waals surface area contributed by atoms with Crippen molar-refractivity contribution in [3.05, 3.63) is 18.5 Å². The number of anilines is 1. The van der Waals surface area contributed by atoms with Gasteiger partial charge in [-0.1, -0.05) is 6.92 Å². The molecule has 5 heteroatoms. The van der Waals surface area contributed by atoms with Crippen LogP contribution in [0.25, 0.3) is 0 Å². The third-order valence-corrected chi connectivity index (χ3v) is 4.77. The summed E-state index contributed by atoms with van der Waals surface area (Å²) in [5.74, 6) is 0.750. The SMILES string of the molecule is CC[C@H](C)N1CCC[C@@]2(CN(c3ncccn3)C2=O)C1. The number of nitrogens with zero attached hydrogens (tertiary/aromatic N) is 4. The van der Waals surface area contributed by atoms with Crippen LogP contribution in [-0.4, -0.2) is 46.5 Å². The third-order valence-electron chi connectivity index (χ3n) is 4.77. The molecule has 2 atom stereocenters. The Bertz CT molecular complexity index is 492. The number of β-lactam (4-membered cyclic amide) rings is 1. The normalized spacial score (nSPS) is 28.5. The molecule has 1 aromatic rings. The predicted octanol–water partition coefficient (Wildman–Crippen LogP) is 1.70. The molecule has 1 amide bonds. The minimum Gasteiger partial charge on any atom is -0.300 e. The molecule has 2 aliphatic heterocycles. The minimum atomic E-state index is -0.180. The van der Waals surface area contributed by atoms with Crippen LogP contribution in [-0.2, 0) is 4.79 Å². The zero-order valence-corrected chi connectivity index (χ0v) is 12.2. The van der Waals surface area contributed by atoms with Crippen molar-refractivity contribution in [1.29, 1.82) is 0 Å². The predicted molar refractivity (Wildman–Crippen MR) is 77.4 cm³/mol. The molecule has 0 N–H and O–H groups in total. The molecule has 0 radical (unpaired) electrons. The maximum absolute atomic E-state index is 12.6. The highest BCUT2D eigenvalue weighted by Gasteiger charge is 2.55. The van der Waals surface area contributed by atoms with Gasteiger partial charge in [0, 0.05) is 31.5 Å². The standard InChI is InChI=1S/C15H22N4O/c1-3-12(2)18-9-4-6-15(10-18)11-19(13(15)20)14-16-7-5-8-17-14/h5,7-8,12H,3-4,6,9-11H2,1-2H3/t12-,15-/m0/s1. The zero-order chi connectivity index (χ0) is 14.2. The molecule has 108 valence electrons. The van der Waals surface area contributed by atoms with Crippen LogP contribution in [0.3, 0.4) is 0 Å².